The van der Waals surface area contributed by atoms with Gasteiger partial charge in [0.05, 0.1) is 0 Å². The monoisotopic (exact) mass is 292 g/mol. The van der Waals surface area contributed by atoms with Gasteiger partial charge < -0.3 is 14.9 Å². The lowest BCUT2D eigenvalue weighted by molar-refractivity contribution is -0.135. The van der Waals surface area contributed by atoms with Crippen LogP contribution < -0.4 is 4.90 Å². The highest BCUT2D eigenvalue weighted by Crippen LogP contribution is 2.51. The Labute approximate surface area is 125 Å². The molecular weight excluding hydrogens is 268 g/mol. The molecule has 0 saturated heterocycles. The zero-order valence-corrected chi connectivity index (χ0v) is 13.2. The van der Waals surface area contributed by atoms with Crippen molar-refractivity contribution in [1.29, 1.82) is 0 Å². The standard InChI is InChI=1S/C15H24N4O2/c1-15(2)5-12(15)9-18(3)8-11-6-16-14(17-7-11)19(4)10-13(20)21/h6-7,12H,5,8-10H2,1-4H3,(H,20,21)/t12-/m1/s1. The summed E-state index contributed by atoms with van der Waals surface area (Å²) in [5, 5.41) is 8.75. The second kappa shape index (κ2) is 5.97. The molecule has 1 fully saturated rings. The van der Waals surface area contributed by atoms with E-state index in [4.69, 9.17) is 5.11 Å². The molecule has 21 heavy (non-hydrogen) atoms. The molecule has 1 heterocycles. The number of nitrogens with zero attached hydrogens (tertiary/aromatic N) is 4. The van der Waals surface area contributed by atoms with E-state index < -0.39 is 5.97 Å². The van der Waals surface area contributed by atoms with Gasteiger partial charge in [-0.25, -0.2) is 9.97 Å². The Morgan fingerprint density at radius 3 is 2.43 bits per heavy atom. The van der Waals surface area contributed by atoms with E-state index in [1.807, 2.05) is 0 Å². The second-order valence-corrected chi connectivity index (χ2v) is 6.73. The van der Waals surface area contributed by atoms with Crippen molar-refractivity contribution < 1.29 is 9.90 Å². The Bertz CT molecular complexity index is 501. The van der Waals surface area contributed by atoms with Gasteiger partial charge in [0.15, 0.2) is 0 Å². The summed E-state index contributed by atoms with van der Waals surface area (Å²) in [6.45, 7) is 6.42. The van der Waals surface area contributed by atoms with E-state index in [0.29, 0.717) is 11.4 Å². The van der Waals surface area contributed by atoms with Crippen LogP contribution in [0.2, 0.25) is 0 Å². The highest BCUT2D eigenvalue weighted by molar-refractivity contribution is 5.72. The van der Waals surface area contributed by atoms with Gasteiger partial charge in [-0.3, -0.25) is 4.79 Å². The summed E-state index contributed by atoms with van der Waals surface area (Å²) in [4.78, 5) is 22.9. The Hall–Kier alpha value is -1.69. The van der Waals surface area contributed by atoms with Crippen molar-refractivity contribution in [2.75, 3.05) is 32.1 Å². The van der Waals surface area contributed by atoms with E-state index in [1.54, 1.807) is 19.4 Å². The van der Waals surface area contributed by atoms with Crippen molar-refractivity contribution in [3.8, 4) is 0 Å². The van der Waals surface area contributed by atoms with E-state index in [9.17, 15) is 4.79 Å². The molecular formula is C15H24N4O2. The lowest BCUT2D eigenvalue weighted by Gasteiger charge is -2.18. The molecule has 1 aliphatic rings. The van der Waals surface area contributed by atoms with Crippen molar-refractivity contribution in [1.82, 2.24) is 14.9 Å². The number of anilines is 1. The SMILES string of the molecule is CN(Cc1cnc(N(C)CC(=O)O)nc1)C[C@H]1CC1(C)C. The van der Waals surface area contributed by atoms with Gasteiger partial charge in [-0.05, 0) is 24.8 Å². The molecule has 1 saturated carbocycles. The summed E-state index contributed by atoms with van der Waals surface area (Å²) < 4.78 is 0. The van der Waals surface area contributed by atoms with E-state index in [2.05, 4.69) is 35.8 Å². The van der Waals surface area contributed by atoms with Crippen LogP contribution in [0.3, 0.4) is 0 Å². The molecule has 1 aromatic heterocycles. The second-order valence-electron chi connectivity index (χ2n) is 6.73. The Balaban J connectivity index is 1.86. The number of aliphatic carboxylic acids is 1. The lowest BCUT2D eigenvalue weighted by Crippen LogP contribution is -2.27. The average molecular weight is 292 g/mol. The predicted molar refractivity (Wildman–Crippen MR) is 81.2 cm³/mol. The van der Waals surface area contributed by atoms with Crippen LogP contribution in [0.4, 0.5) is 5.95 Å². The largest absolute Gasteiger partial charge is 0.480 e. The molecule has 1 aromatic rings. The normalized spacial score (nSPS) is 19.6. The molecule has 6 nitrogen and oxygen atoms in total. The van der Waals surface area contributed by atoms with Crippen LogP contribution >= 0.6 is 0 Å². The van der Waals surface area contributed by atoms with Crippen LogP contribution in [0.15, 0.2) is 12.4 Å². The van der Waals surface area contributed by atoms with Gasteiger partial charge in [-0.1, -0.05) is 13.8 Å². The molecule has 2 rings (SSSR count). The zero-order valence-electron chi connectivity index (χ0n) is 13.2. The van der Waals surface area contributed by atoms with Gasteiger partial charge in [0.2, 0.25) is 5.95 Å². The van der Waals surface area contributed by atoms with Crippen molar-refractivity contribution >= 4 is 11.9 Å². The van der Waals surface area contributed by atoms with Gasteiger partial charge in [-0.2, -0.15) is 0 Å². The summed E-state index contributed by atoms with van der Waals surface area (Å²) in [6, 6.07) is 0. The third-order valence-corrected chi connectivity index (χ3v) is 4.11. The van der Waals surface area contributed by atoms with Crippen LogP contribution in [0.1, 0.15) is 25.8 Å². The minimum atomic E-state index is -0.892. The van der Waals surface area contributed by atoms with Crippen LogP contribution in [-0.2, 0) is 11.3 Å². The predicted octanol–water partition coefficient (Wildman–Crippen LogP) is 1.48. The van der Waals surface area contributed by atoms with Crippen LogP contribution in [0.5, 0.6) is 0 Å². The highest BCUT2D eigenvalue weighted by atomic mass is 16.4. The molecule has 1 N–H and O–H groups in total. The minimum absolute atomic E-state index is 0.101. The molecule has 1 aliphatic carbocycles. The summed E-state index contributed by atoms with van der Waals surface area (Å²) in [5.41, 5.74) is 1.54. The Morgan fingerprint density at radius 1 is 1.38 bits per heavy atom. The molecule has 0 spiro atoms. The smallest absolute Gasteiger partial charge is 0.323 e. The molecule has 0 amide bonds. The minimum Gasteiger partial charge on any atom is -0.480 e. The topological polar surface area (TPSA) is 69.6 Å². The highest BCUT2D eigenvalue weighted by Gasteiger charge is 2.45. The van der Waals surface area contributed by atoms with Crippen LogP contribution in [-0.4, -0.2) is 53.1 Å². The van der Waals surface area contributed by atoms with Gasteiger partial charge in [0.25, 0.3) is 0 Å². The number of rotatable bonds is 7. The van der Waals surface area contributed by atoms with Crippen molar-refractivity contribution in [3.05, 3.63) is 18.0 Å². The first-order valence-corrected chi connectivity index (χ1v) is 7.20. The van der Waals surface area contributed by atoms with Gasteiger partial charge in [-0.15, -0.1) is 0 Å². The number of carboxylic acids is 1. The van der Waals surface area contributed by atoms with Gasteiger partial charge in [0, 0.05) is 38.1 Å². The Kier molecular flexibility index (Phi) is 4.46. The van der Waals surface area contributed by atoms with Crippen LogP contribution in [0.25, 0.3) is 0 Å². The quantitative estimate of drug-likeness (QED) is 0.821. The number of aromatic nitrogens is 2. The van der Waals surface area contributed by atoms with E-state index in [0.717, 1.165) is 24.6 Å². The summed E-state index contributed by atoms with van der Waals surface area (Å²) in [7, 11) is 3.78. The molecule has 0 aliphatic heterocycles. The third-order valence-electron chi connectivity index (χ3n) is 4.11. The number of hydrogen-bond acceptors (Lipinski definition) is 5. The summed E-state index contributed by atoms with van der Waals surface area (Å²) >= 11 is 0. The number of carboxylic acid groups (broad SMARTS) is 1. The summed E-state index contributed by atoms with van der Waals surface area (Å²) in [6.07, 6.45) is 4.84. The van der Waals surface area contributed by atoms with Crippen molar-refractivity contribution in [2.24, 2.45) is 11.3 Å². The first-order chi connectivity index (χ1) is 9.78. The molecule has 0 radical (unpaired) electrons. The maximum atomic E-state index is 10.7. The van der Waals surface area contributed by atoms with E-state index in [-0.39, 0.29) is 6.54 Å². The first kappa shape index (κ1) is 15.7. The maximum Gasteiger partial charge on any atom is 0.323 e. The number of likely N-dealkylation sites (N-methyl/N-ethyl adjacent to an activating group) is 1. The number of hydrogen-bond donors (Lipinski definition) is 1. The maximum absolute atomic E-state index is 10.7. The fourth-order valence-corrected chi connectivity index (χ4v) is 2.54. The molecule has 116 valence electrons. The Morgan fingerprint density at radius 2 is 1.95 bits per heavy atom. The van der Waals surface area contributed by atoms with E-state index >= 15 is 0 Å². The fraction of sp³-hybridized carbons (Fsp3) is 0.667. The molecule has 6 heteroatoms. The van der Waals surface area contributed by atoms with Crippen molar-refractivity contribution in [3.63, 3.8) is 0 Å². The zero-order chi connectivity index (χ0) is 15.6. The van der Waals surface area contributed by atoms with Crippen molar-refractivity contribution in [2.45, 2.75) is 26.8 Å². The average Bonchev–Trinajstić information content (AvgIpc) is 2.96. The molecule has 0 unspecified atom stereocenters. The number of carbonyl (C=O) groups is 1. The molecule has 0 bridgehead atoms. The van der Waals surface area contributed by atoms with E-state index in [1.165, 1.54) is 11.3 Å². The van der Waals surface area contributed by atoms with Crippen LogP contribution in [0, 0.1) is 11.3 Å². The summed E-state index contributed by atoms with van der Waals surface area (Å²) in [5.74, 6) is 0.327. The van der Waals surface area contributed by atoms with Gasteiger partial charge >= 0.3 is 5.97 Å². The van der Waals surface area contributed by atoms with Gasteiger partial charge in [0.1, 0.15) is 6.54 Å². The molecule has 0 aromatic carbocycles. The fourth-order valence-electron chi connectivity index (χ4n) is 2.54. The third kappa shape index (κ3) is 4.39. The molecule has 1 atom stereocenters. The first-order valence-electron chi connectivity index (χ1n) is 7.20. The lowest BCUT2D eigenvalue weighted by atomic mass is 10.1.